The highest BCUT2D eigenvalue weighted by molar-refractivity contribution is 7.20. The van der Waals surface area contributed by atoms with Crippen molar-refractivity contribution in [2.75, 3.05) is 0 Å². The predicted molar refractivity (Wildman–Crippen MR) is 104 cm³/mol. The highest BCUT2D eigenvalue weighted by atomic mass is 32.1. The Morgan fingerprint density at radius 3 is 2.61 bits per heavy atom. The molecule has 28 heavy (non-hydrogen) atoms. The quantitative estimate of drug-likeness (QED) is 0.356. The van der Waals surface area contributed by atoms with Crippen molar-refractivity contribution < 1.29 is 19.2 Å². The van der Waals surface area contributed by atoms with Gasteiger partial charge in [-0.1, -0.05) is 24.3 Å². The van der Waals surface area contributed by atoms with Gasteiger partial charge in [-0.25, -0.2) is 4.98 Å². The smallest absolute Gasteiger partial charge is 0.279 e. The van der Waals surface area contributed by atoms with E-state index >= 15 is 0 Å². The topological polar surface area (TPSA) is 99.4 Å². The Labute approximate surface area is 164 Å². The van der Waals surface area contributed by atoms with Gasteiger partial charge in [-0.05, 0) is 35.7 Å². The highest BCUT2D eigenvalue weighted by Gasteiger charge is 2.35. The fourth-order valence-corrected chi connectivity index (χ4v) is 4.31. The molecule has 0 spiro atoms. The maximum atomic E-state index is 12.2. The fourth-order valence-electron chi connectivity index (χ4n) is 3.44. The van der Waals surface area contributed by atoms with Crippen molar-refractivity contribution in [3.8, 4) is 10.9 Å². The van der Waals surface area contributed by atoms with Crippen molar-refractivity contribution in [2.24, 2.45) is 0 Å². The number of aromatic nitrogens is 1. The lowest BCUT2D eigenvalue weighted by molar-refractivity contribution is -0.384. The largest absolute Gasteiger partial charge is 0.431 e. The summed E-state index contributed by atoms with van der Waals surface area (Å²) in [5, 5.41) is 11.3. The number of benzene rings is 2. The molecule has 0 atom stereocenters. The van der Waals surface area contributed by atoms with Crippen LogP contribution in [0.3, 0.4) is 0 Å². The van der Waals surface area contributed by atoms with E-state index in [2.05, 4.69) is 4.98 Å². The van der Waals surface area contributed by atoms with Crippen molar-refractivity contribution in [2.45, 2.75) is 32.1 Å². The average Bonchev–Trinajstić information content (AvgIpc) is 3.22. The first kappa shape index (κ1) is 18.2. The molecule has 142 valence electrons. The molecule has 1 aliphatic carbocycles. The zero-order chi connectivity index (χ0) is 19.8. The molecular weight excluding hydrogens is 380 g/mol. The van der Waals surface area contributed by atoms with Crippen molar-refractivity contribution in [3.05, 3.63) is 57.6 Å². The van der Waals surface area contributed by atoms with Crippen LogP contribution < -0.4 is 4.74 Å². The Hall–Kier alpha value is -3.13. The van der Waals surface area contributed by atoms with E-state index in [4.69, 9.17) is 4.74 Å². The molecule has 1 heterocycles. The Morgan fingerprint density at radius 1 is 1.18 bits per heavy atom. The van der Waals surface area contributed by atoms with Gasteiger partial charge in [0.2, 0.25) is 0 Å². The van der Waals surface area contributed by atoms with Gasteiger partial charge >= 0.3 is 0 Å². The molecule has 4 rings (SSSR count). The molecule has 1 aliphatic rings. The Balaban J connectivity index is 1.67. The molecule has 0 radical (unpaired) electrons. The molecule has 3 aromatic rings. The van der Waals surface area contributed by atoms with Crippen LogP contribution in [0, 0.1) is 10.1 Å². The van der Waals surface area contributed by atoms with Gasteiger partial charge in [0.15, 0.2) is 0 Å². The van der Waals surface area contributed by atoms with Gasteiger partial charge in [0, 0.05) is 25.0 Å². The number of non-ortho nitro benzene ring substituents is 1. The molecule has 0 bridgehead atoms. The van der Waals surface area contributed by atoms with Crippen molar-refractivity contribution in [1.29, 1.82) is 0 Å². The number of nitro groups is 1. The number of nitro benzene ring substituents is 1. The number of carbonyl (C=O) groups excluding carboxylic acids is 2. The standard InChI is InChI=1S/C20H16N2O5S/c1-2-11-3-5-13(10-14(11)19-16(23)7-8-17(19)24)27-20-21-15-6-4-12(22(25)26)9-18(15)28-20/h3-6,9-10,19H,2,7-8H2,1H3. The maximum absolute atomic E-state index is 12.2. The van der Waals surface area contributed by atoms with Crippen molar-refractivity contribution in [3.63, 3.8) is 0 Å². The molecular formula is C20H16N2O5S. The van der Waals surface area contributed by atoms with Crippen LogP contribution in [0.25, 0.3) is 10.2 Å². The minimum absolute atomic E-state index is 0.00413. The molecule has 0 aliphatic heterocycles. The number of ketones is 2. The van der Waals surface area contributed by atoms with E-state index in [1.54, 1.807) is 18.2 Å². The first-order valence-corrected chi connectivity index (χ1v) is 9.69. The predicted octanol–water partition coefficient (Wildman–Crippen LogP) is 4.57. The normalized spacial score (nSPS) is 14.8. The minimum Gasteiger partial charge on any atom is -0.431 e. The van der Waals surface area contributed by atoms with Gasteiger partial charge in [-0.15, -0.1) is 0 Å². The Kier molecular flexibility index (Phi) is 4.64. The molecule has 0 unspecified atom stereocenters. The number of ether oxygens (including phenoxy) is 1. The zero-order valence-electron chi connectivity index (χ0n) is 15.0. The van der Waals surface area contributed by atoms with Gasteiger partial charge in [-0.2, -0.15) is 0 Å². The Bertz CT molecular complexity index is 1100. The van der Waals surface area contributed by atoms with Crippen LogP contribution in [-0.4, -0.2) is 21.5 Å². The SMILES string of the molecule is CCc1ccc(Oc2nc3ccc([N+](=O)[O-])cc3s2)cc1C1C(=O)CCC1=O. The third-order valence-corrected chi connectivity index (χ3v) is 5.74. The van der Waals surface area contributed by atoms with Crippen LogP contribution in [-0.2, 0) is 16.0 Å². The summed E-state index contributed by atoms with van der Waals surface area (Å²) in [6.45, 7) is 1.98. The van der Waals surface area contributed by atoms with E-state index in [1.165, 1.54) is 23.5 Å². The lowest BCUT2D eigenvalue weighted by atomic mass is 9.90. The van der Waals surface area contributed by atoms with Crippen LogP contribution in [0.4, 0.5) is 5.69 Å². The summed E-state index contributed by atoms with van der Waals surface area (Å²) in [6.07, 6.45) is 1.28. The van der Waals surface area contributed by atoms with E-state index in [0.717, 1.165) is 5.56 Å². The number of thiazole rings is 1. The second-order valence-electron chi connectivity index (χ2n) is 6.57. The summed E-state index contributed by atoms with van der Waals surface area (Å²) in [4.78, 5) is 39.2. The van der Waals surface area contributed by atoms with Gasteiger partial charge < -0.3 is 4.74 Å². The second kappa shape index (κ2) is 7.12. The molecule has 0 saturated heterocycles. The van der Waals surface area contributed by atoms with E-state index in [0.29, 0.717) is 33.1 Å². The Morgan fingerprint density at radius 2 is 1.93 bits per heavy atom. The van der Waals surface area contributed by atoms with Crippen LogP contribution in [0.5, 0.6) is 10.9 Å². The van der Waals surface area contributed by atoms with E-state index < -0.39 is 10.8 Å². The number of Topliss-reactive ketones (excluding diaryl/α,β-unsaturated/α-hetero) is 2. The number of hydrogen-bond donors (Lipinski definition) is 0. The van der Waals surface area contributed by atoms with Crippen LogP contribution in [0.2, 0.25) is 0 Å². The van der Waals surface area contributed by atoms with Crippen LogP contribution in [0.15, 0.2) is 36.4 Å². The summed E-state index contributed by atoms with van der Waals surface area (Å²) in [5.41, 5.74) is 2.25. The molecule has 7 nitrogen and oxygen atoms in total. The van der Waals surface area contributed by atoms with Crippen molar-refractivity contribution in [1.82, 2.24) is 4.98 Å². The first-order valence-electron chi connectivity index (χ1n) is 8.87. The summed E-state index contributed by atoms with van der Waals surface area (Å²) in [6, 6.07) is 9.82. The first-order chi connectivity index (χ1) is 13.5. The zero-order valence-corrected chi connectivity index (χ0v) is 15.8. The molecule has 1 fully saturated rings. The summed E-state index contributed by atoms with van der Waals surface area (Å²) < 4.78 is 6.50. The van der Waals surface area contributed by atoms with Gasteiger partial charge in [0.1, 0.15) is 23.2 Å². The number of nitrogens with zero attached hydrogens (tertiary/aromatic N) is 2. The number of carbonyl (C=O) groups is 2. The van der Waals surface area contributed by atoms with Crippen LogP contribution in [0.1, 0.15) is 36.8 Å². The third kappa shape index (κ3) is 3.27. The number of rotatable bonds is 5. The average molecular weight is 396 g/mol. The number of hydrogen-bond acceptors (Lipinski definition) is 7. The summed E-state index contributed by atoms with van der Waals surface area (Å²) in [5.74, 6) is -0.335. The maximum Gasteiger partial charge on any atom is 0.279 e. The van der Waals surface area contributed by atoms with Gasteiger partial charge in [0.05, 0.1) is 15.1 Å². The van der Waals surface area contributed by atoms with Gasteiger partial charge in [0.25, 0.3) is 10.9 Å². The lowest BCUT2D eigenvalue weighted by Crippen LogP contribution is -2.14. The van der Waals surface area contributed by atoms with E-state index in [-0.39, 0.29) is 30.1 Å². The fraction of sp³-hybridized carbons (Fsp3) is 0.250. The van der Waals surface area contributed by atoms with Crippen molar-refractivity contribution >= 4 is 38.8 Å². The number of aryl methyl sites for hydroxylation is 1. The highest BCUT2D eigenvalue weighted by Crippen LogP contribution is 2.37. The second-order valence-corrected chi connectivity index (χ2v) is 7.56. The molecule has 1 aromatic heterocycles. The van der Waals surface area contributed by atoms with Gasteiger partial charge in [-0.3, -0.25) is 19.7 Å². The lowest BCUT2D eigenvalue weighted by Gasteiger charge is -2.14. The monoisotopic (exact) mass is 396 g/mol. The van der Waals surface area contributed by atoms with Crippen LogP contribution >= 0.6 is 11.3 Å². The summed E-state index contributed by atoms with van der Waals surface area (Å²) in [7, 11) is 0. The molecule has 0 amide bonds. The molecule has 2 aromatic carbocycles. The molecule has 0 N–H and O–H groups in total. The molecule has 1 saturated carbocycles. The molecule has 8 heteroatoms. The third-order valence-electron chi connectivity index (χ3n) is 4.84. The number of fused-ring (bicyclic) bond motifs is 1. The van der Waals surface area contributed by atoms with E-state index in [9.17, 15) is 19.7 Å². The minimum atomic E-state index is -0.712. The van der Waals surface area contributed by atoms with E-state index in [1.807, 2.05) is 13.0 Å². The summed E-state index contributed by atoms with van der Waals surface area (Å²) >= 11 is 1.20.